The van der Waals surface area contributed by atoms with Crippen LogP contribution in [0.1, 0.15) is 18.3 Å². The molecule has 3 rings (SSSR count). The minimum Gasteiger partial charge on any atom is -0.335 e. The van der Waals surface area contributed by atoms with Crippen molar-refractivity contribution in [1.82, 2.24) is 14.9 Å². The van der Waals surface area contributed by atoms with E-state index in [9.17, 15) is 9.59 Å². The second-order valence-corrected chi connectivity index (χ2v) is 6.63. The predicted octanol–water partition coefficient (Wildman–Crippen LogP) is 3.82. The van der Waals surface area contributed by atoms with Crippen LogP contribution in [0, 0.1) is 0 Å². The first kappa shape index (κ1) is 18.4. The third-order valence-electron chi connectivity index (χ3n) is 4.13. The van der Waals surface area contributed by atoms with Gasteiger partial charge in [0.15, 0.2) is 0 Å². The molecule has 0 saturated carbocycles. The lowest BCUT2D eigenvalue weighted by Gasteiger charge is -2.21. The minimum atomic E-state index is -0.219. The van der Waals surface area contributed by atoms with Crippen LogP contribution in [0.2, 0.25) is 10.0 Å². The topological polar surface area (TPSA) is 66.1 Å². The number of likely N-dealkylation sites (N-methyl/N-ethyl adjacent to an activating group) is 1. The molecular weight excluding hydrogens is 373 g/mol. The lowest BCUT2D eigenvalue weighted by Crippen LogP contribution is -2.33. The molecule has 0 aliphatic heterocycles. The molecule has 1 N–H and O–H groups in total. The molecule has 0 unspecified atom stereocenters. The predicted molar refractivity (Wildman–Crippen MR) is 104 cm³/mol. The second-order valence-electron chi connectivity index (χ2n) is 5.81. The summed E-state index contributed by atoms with van der Waals surface area (Å²) in [6.45, 7) is 2.54. The van der Waals surface area contributed by atoms with Gasteiger partial charge in [-0.15, -0.1) is 0 Å². The monoisotopic (exact) mass is 389 g/mol. The van der Waals surface area contributed by atoms with Crippen molar-refractivity contribution in [3.8, 4) is 0 Å². The summed E-state index contributed by atoms with van der Waals surface area (Å²) in [5.41, 5.74) is 0.978. The van der Waals surface area contributed by atoms with Gasteiger partial charge in [-0.05, 0) is 36.8 Å². The molecule has 134 valence electrons. The number of rotatable bonds is 5. The zero-order chi connectivity index (χ0) is 18.7. The summed E-state index contributed by atoms with van der Waals surface area (Å²) in [6, 6.07) is 12.2. The van der Waals surface area contributed by atoms with Gasteiger partial charge in [0.1, 0.15) is 5.82 Å². The lowest BCUT2D eigenvalue weighted by molar-refractivity contribution is -0.131. The number of nitrogens with zero attached hydrogens (tertiary/aromatic N) is 2. The third kappa shape index (κ3) is 3.89. The van der Waals surface area contributed by atoms with E-state index in [0.717, 1.165) is 0 Å². The summed E-state index contributed by atoms with van der Waals surface area (Å²) >= 11 is 12.3. The maximum atomic E-state index is 12.7. The minimum absolute atomic E-state index is 0.0875. The number of nitrogens with one attached hydrogen (secondary N) is 1. The van der Waals surface area contributed by atoms with Crippen LogP contribution in [0.4, 0.5) is 0 Å². The van der Waals surface area contributed by atoms with E-state index in [1.165, 1.54) is 0 Å². The number of hydrogen-bond acceptors (Lipinski definition) is 3. The molecule has 26 heavy (non-hydrogen) atoms. The van der Waals surface area contributed by atoms with Crippen LogP contribution >= 0.6 is 23.2 Å². The molecule has 0 saturated heterocycles. The lowest BCUT2D eigenvalue weighted by atomic mass is 10.1. The van der Waals surface area contributed by atoms with Crippen LogP contribution in [0.5, 0.6) is 0 Å². The largest absolute Gasteiger partial charge is 0.335 e. The van der Waals surface area contributed by atoms with E-state index in [2.05, 4.69) is 9.97 Å². The number of amides is 1. The van der Waals surface area contributed by atoms with Gasteiger partial charge in [-0.1, -0.05) is 41.4 Å². The van der Waals surface area contributed by atoms with E-state index in [0.29, 0.717) is 38.9 Å². The van der Waals surface area contributed by atoms with Gasteiger partial charge in [0.2, 0.25) is 5.91 Å². The molecule has 0 fully saturated rings. The Morgan fingerprint density at radius 1 is 1.12 bits per heavy atom. The molecule has 1 heterocycles. The summed E-state index contributed by atoms with van der Waals surface area (Å²) in [5, 5.41) is 1.44. The van der Waals surface area contributed by atoms with Crippen molar-refractivity contribution in [3.05, 3.63) is 74.3 Å². The molecule has 5 nitrogen and oxygen atoms in total. The molecule has 0 radical (unpaired) electrons. The summed E-state index contributed by atoms with van der Waals surface area (Å²) in [5.74, 6) is 0.299. The fourth-order valence-corrected chi connectivity index (χ4v) is 3.26. The Labute approximate surface area is 160 Å². The summed E-state index contributed by atoms with van der Waals surface area (Å²) < 4.78 is 0. The number of fused-ring (bicyclic) bond motifs is 1. The van der Waals surface area contributed by atoms with Crippen LogP contribution in [0.25, 0.3) is 10.9 Å². The highest BCUT2D eigenvalue weighted by atomic mass is 35.5. The van der Waals surface area contributed by atoms with Gasteiger partial charge in [-0.3, -0.25) is 9.59 Å². The van der Waals surface area contributed by atoms with E-state index < -0.39 is 0 Å². The maximum absolute atomic E-state index is 12.7. The molecule has 0 aliphatic carbocycles. The Bertz CT molecular complexity index is 997. The normalized spacial score (nSPS) is 10.9. The van der Waals surface area contributed by atoms with Crippen molar-refractivity contribution in [2.75, 3.05) is 6.54 Å². The standard InChI is InChI=1S/C19H17Cl2N3O2/c1-2-24(18(25)10-13-14(20)7-5-8-15(13)21)11-17-22-16-9-4-3-6-12(16)19(26)23-17/h3-9H,2,10-11H2,1H3,(H,22,23,26). The summed E-state index contributed by atoms with van der Waals surface area (Å²) in [6.07, 6.45) is 0.0875. The van der Waals surface area contributed by atoms with Gasteiger partial charge in [-0.2, -0.15) is 0 Å². The summed E-state index contributed by atoms with van der Waals surface area (Å²) in [4.78, 5) is 33.7. The van der Waals surface area contributed by atoms with Gasteiger partial charge >= 0.3 is 0 Å². The number of aromatic amines is 1. The molecule has 0 spiro atoms. The average Bonchev–Trinajstić information content (AvgIpc) is 2.63. The van der Waals surface area contributed by atoms with Crippen LogP contribution in [-0.4, -0.2) is 27.3 Å². The summed E-state index contributed by atoms with van der Waals surface area (Å²) in [7, 11) is 0. The molecule has 0 bridgehead atoms. The number of carbonyl (C=O) groups excluding carboxylic acids is 1. The Kier molecular flexibility index (Phi) is 5.59. The van der Waals surface area contributed by atoms with Crippen molar-refractivity contribution in [1.29, 1.82) is 0 Å². The van der Waals surface area contributed by atoms with Crippen molar-refractivity contribution in [3.63, 3.8) is 0 Å². The van der Waals surface area contributed by atoms with Crippen molar-refractivity contribution in [2.45, 2.75) is 19.9 Å². The van der Waals surface area contributed by atoms with Crippen LogP contribution in [0.15, 0.2) is 47.3 Å². The zero-order valence-electron chi connectivity index (χ0n) is 14.1. The Morgan fingerprint density at radius 2 is 1.81 bits per heavy atom. The van der Waals surface area contributed by atoms with Gasteiger partial charge in [-0.25, -0.2) is 4.98 Å². The number of para-hydroxylation sites is 1. The number of aromatic nitrogens is 2. The first-order valence-electron chi connectivity index (χ1n) is 8.18. The van der Waals surface area contributed by atoms with E-state index in [1.54, 1.807) is 41.3 Å². The number of carbonyl (C=O) groups is 1. The SMILES string of the molecule is CCN(Cc1nc2ccccc2c(=O)[nH]1)C(=O)Cc1c(Cl)cccc1Cl. The Balaban J connectivity index is 1.83. The number of halogens is 2. The molecule has 3 aromatic rings. The number of H-pyrrole nitrogens is 1. The van der Waals surface area contributed by atoms with Crippen molar-refractivity contribution in [2.24, 2.45) is 0 Å². The average molecular weight is 390 g/mol. The quantitative estimate of drug-likeness (QED) is 0.720. The van der Waals surface area contributed by atoms with E-state index in [4.69, 9.17) is 23.2 Å². The molecule has 2 aromatic carbocycles. The van der Waals surface area contributed by atoms with E-state index in [-0.39, 0.29) is 24.4 Å². The number of benzene rings is 2. The fourth-order valence-electron chi connectivity index (χ4n) is 2.73. The first-order chi connectivity index (χ1) is 12.5. The van der Waals surface area contributed by atoms with Crippen LogP contribution in [0.3, 0.4) is 0 Å². The second kappa shape index (κ2) is 7.89. The molecule has 1 aromatic heterocycles. The third-order valence-corrected chi connectivity index (χ3v) is 4.83. The van der Waals surface area contributed by atoms with Crippen LogP contribution in [-0.2, 0) is 17.8 Å². The Morgan fingerprint density at radius 3 is 2.50 bits per heavy atom. The highest BCUT2D eigenvalue weighted by molar-refractivity contribution is 6.36. The smallest absolute Gasteiger partial charge is 0.258 e. The fraction of sp³-hybridized carbons (Fsp3) is 0.211. The zero-order valence-corrected chi connectivity index (χ0v) is 15.6. The first-order valence-corrected chi connectivity index (χ1v) is 8.93. The van der Waals surface area contributed by atoms with Gasteiger partial charge in [0.05, 0.1) is 23.9 Å². The van der Waals surface area contributed by atoms with E-state index in [1.807, 2.05) is 13.0 Å². The molecular formula is C19H17Cl2N3O2. The van der Waals surface area contributed by atoms with Gasteiger partial charge in [0, 0.05) is 16.6 Å². The Hall–Kier alpha value is -2.37. The molecule has 1 amide bonds. The number of hydrogen-bond donors (Lipinski definition) is 1. The molecule has 7 heteroatoms. The van der Waals surface area contributed by atoms with Gasteiger partial charge in [0.25, 0.3) is 5.56 Å². The molecule has 0 atom stereocenters. The van der Waals surface area contributed by atoms with Crippen molar-refractivity contribution < 1.29 is 4.79 Å². The van der Waals surface area contributed by atoms with Crippen LogP contribution < -0.4 is 5.56 Å². The van der Waals surface area contributed by atoms with E-state index >= 15 is 0 Å². The highest BCUT2D eigenvalue weighted by Gasteiger charge is 2.17. The van der Waals surface area contributed by atoms with Crippen molar-refractivity contribution >= 4 is 40.0 Å². The maximum Gasteiger partial charge on any atom is 0.258 e. The highest BCUT2D eigenvalue weighted by Crippen LogP contribution is 2.25. The van der Waals surface area contributed by atoms with Gasteiger partial charge < -0.3 is 9.88 Å². The molecule has 0 aliphatic rings.